The Morgan fingerprint density at radius 1 is 0.562 bits per heavy atom. The molecule has 26 heteroatoms. The van der Waals surface area contributed by atoms with Crippen LogP contribution in [0.5, 0.6) is 11.5 Å². The molecule has 8 atom stereocenters. The van der Waals surface area contributed by atoms with E-state index in [1.807, 2.05) is 115 Å². The molecular weight excluding hydrogens is 1610 g/mol. The summed E-state index contributed by atoms with van der Waals surface area (Å²) in [6.07, 6.45) is -2.72. The summed E-state index contributed by atoms with van der Waals surface area (Å²) in [6.45, 7) is 36.8. The molecule has 3 saturated heterocycles. The molecule has 0 bridgehead atoms. The number of imide groups is 1. The number of nitriles is 1. The van der Waals surface area contributed by atoms with Crippen LogP contribution in [0.25, 0.3) is 0 Å². The number of carbonyl (C=O) groups excluding carboxylic acids is 2. The molecule has 0 saturated carbocycles. The molecule has 11 rings (SSSR count). The Bertz CT molecular complexity index is 4700. The molecule has 3 fully saturated rings. The van der Waals surface area contributed by atoms with E-state index in [-0.39, 0.29) is 89.6 Å². The van der Waals surface area contributed by atoms with Gasteiger partial charge in [0.05, 0.1) is 64.2 Å². The molecule has 0 N–H and O–H groups in total. The highest BCUT2D eigenvalue weighted by molar-refractivity contribution is 7.44. The second kappa shape index (κ2) is 40.4. The fourth-order valence-electron chi connectivity index (χ4n) is 17.3. The largest absolute Gasteiger partial charge is 0.497 e. The van der Waals surface area contributed by atoms with E-state index in [0.29, 0.717) is 18.1 Å². The Balaban J connectivity index is 1.04. The van der Waals surface area contributed by atoms with E-state index in [1.165, 1.54) is 4.57 Å². The number of methoxy groups -OCH3 is 2. The zero-order valence-electron chi connectivity index (χ0n) is 74.6. The number of benzene rings is 7. The molecule has 0 radical (unpaired) electrons. The molecule has 3 amide bonds. The number of hydrogen-bond donors (Lipinski definition) is 0. The normalized spacial score (nSPS) is 19.9. The summed E-state index contributed by atoms with van der Waals surface area (Å²) in [7, 11) is -8.55. The molecule has 3 aliphatic heterocycles. The summed E-state index contributed by atoms with van der Waals surface area (Å²) in [4.78, 5) is 66.9. The van der Waals surface area contributed by atoms with Gasteiger partial charge in [-0.1, -0.05) is 257 Å². The van der Waals surface area contributed by atoms with Crippen molar-refractivity contribution in [3.8, 4) is 17.6 Å². The van der Waals surface area contributed by atoms with Gasteiger partial charge < -0.3 is 51.1 Å². The first kappa shape index (κ1) is 93.8. The van der Waals surface area contributed by atoms with E-state index in [2.05, 4.69) is 204 Å². The monoisotopic (exact) mass is 1740 g/mol. The number of aromatic nitrogens is 2. The number of hydrogen-bond acceptors (Lipinski definition) is 17. The van der Waals surface area contributed by atoms with Gasteiger partial charge in [-0.2, -0.15) is 5.26 Å². The summed E-state index contributed by atoms with van der Waals surface area (Å²) >= 11 is 0. The molecular formula is C95H129N6O15PSi4. The van der Waals surface area contributed by atoms with E-state index >= 15 is 19.2 Å². The average molecular weight is 1740 g/mol. The van der Waals surface area contributed by atoms with Crippen molar-refractivity contribution in [3.05, 3.63) is 249 Å². The number of urea groups is 1. The smallest absolute Gasteiger partial charge is 0.335 e. The van der Waals surface area contributed by atoms with Crippen molar-refractivity contribution < 1.29 is 60.6 Å². The summed E-state index contributed by atoms with van der Waals surface area (Å²) in [5.41, 5.74) is -1.65. The molecule has 0 aliphatic carbocycles. The Morgan fingerprint density at radius 3 is 1.45 bits per heavy atom. The first-order valence-corrected chi connectivity index (χ1v) is 55.1. The van der Waals surface area contributed by atoms with Crippen LogP contribution in [0.3, 0.4) is 0 Å². The molecule has 0 spiro atoms. The van der Waals surface area contributed by atoms with Crippen LogP contribution < -0.4 is 41.5 Å². The van der Waals surface area contributed by atoms with Crippen LogP contribution in [0.2, 0.25) is 61.4 Å². The predicted octanol–water partition coefficient (Wildman–Crippen LogP) is 16.3. The van der Waals surface area contributed by atoms with E-state index < -0.39 is 129 Å². The number of carbonyl (C=O) groups is 2. The van der Waals surface area contributed by atoms with Crippen LogP contribution in [-0.4, -0.2) is 172 Å². The highest BCUT2D eigenvalue weighted by Gasteiger charge is 2.57. The van der Waals surface area contributed by atoms with Gasteiger partial charge in [-0.05, 0) is 125 Å². The Kier molecular flexibility index (Phi) is 31.3. The lowest BCUT2D eigenvalue weighted by Crippen LogP contribution is -2.67. The molecule has 21 nitrogen and oxygen atoms in total. The maximum absolute atomic E-state index is 16.2. The van der Waals surface area contributed by atoms with Crippen molar-refractivity contribution in [3.63, 3.8) is 0 Å². The molecule has 1 unspecified atom stereocenters. The summed E-state index contributed by atoms with van der Waals surface area (Å²) in [6, 6.07) is 70.5. The second-order valence-corrected chi connectivity index (χ2v) is 58.9. The molecule has 650 valence electrons. The van der Waals surface area contributed by atoms with E-state index in [1.54, 1.807) is 32.2 Å². The third kappa shape index (κ3) is 21.6. The molecule has 7 aromatic carbocycles. The quantitative estimate of drug-likeness (QED) is 0.0151. The van der Waals surface area contributed by atoms with Crippen molar-refractivity contribution in [2.75, 3.05) is 67.1 Å². The molecule has 4 heterocycles. The van der Waals surface area contributed by atoms with Crippen LogP contribution >= 0.6 is 8.53 Å². The van der Waals surface area contributed by atoms with Gasteiger partial charge in [-0.25, -0.2) is 23.7 Å². The standard InChI is InChI=1S/C95H129N6O15PSi4/c1-70(2)101(71(3)4)117(111-55-35-54-96)116-83-61-87(115-85(83)66-113-121(93(8,9)10,81-42-31-23-32-43-81)82-44-33-24-34-45-82)98-67-94(11,89(103)100(91(98)105)69-109-57-59-119(17,18)19)62-73-63-97(90(104)99(88(73)102)68-108-56-58-118(14,15)16)86-60-72(64-112-120(92(5,6)7,79-38-27-21-28-39-79)80-40-29-22-30-41-80)84(114-86)65-110-95(74-36-25-20-26-37-74,75-46-50-77(106-12)51-47-75)76-48-52-78(107-13)53-49-76/h20-34,36-53,63,70-72,83-87H,35,55-62,64-69H2,1-19H3/t72-,83+,84-,85-,86-,87-,94+,117?/m1/s1. The van der Waals surface area contributed by atoms with Crippen LogP contribution in [0, 0.1) is 22.7 Å². The minimum absolute atomic E-state index is 0.0310. The minimum atomic E-state index is -3.27. The van der Waals surface area contributed by atoms with Gasteiger partial charge in [0.25, 0.3) is 30.7 Å². The predicted molar refractivity (Wildman–Crippen MR) is 490 cm³/mol. The topological polar surface area (TPSA) is 213 Å². The molecule has 121 heavy (non-hydrogen) atoms. The number of ether oxygens (including phenoxy) is 7. The third-order valence-electron chi connectivity index (χ3n) is 23.6. The van der Waals surface area contributed by atoms with Gasteiger partial charge in [-0.15, -0.1) is 0 Å². The van der Waals surface area contributed by atoms with E-state index in [9.17, 15) is 5.26 Å². The lowest BCUT2D eigenvalue weighted by atomic mass is 9.80. The van der Waals surface area contributed by atoms with Gasteiger partial charge in [0.2, 0.25) is 5.91 Å². The van der Waals surface area contributed by atoms with Gasteiger partial charge in [0.15, 0.2) is 0 Å². The highest BCUT2D eigenvalue weighted by Crippen LogP contribution is 2.51. The van der Waals surface area contributed by atoms with Gasteiger partial charge in [0, 0.05) is 85.1 Å². The number of nitrogens with zero attached hydrogens (tertiary/aromatic N) is 6. The maximum atomic E-state index is 16.2. The van der Waals surface area contributed by atoms with E-state index in [0.717, 1.165) is 59.0 Å². The minimum Gasteiger partial charge on any atom is -0.497 e. The number of rotatable bonds is 40. The lowest BCUT2D eigenvalue weighted by molar-refractivity contribution is -0.154. The SMILES string of the molecule is COc1ccc(C(OC[C@H]2O[C@@H](n3cc(C[C@@]4(C)CN([C@H]5C[C@H](OP(OCCC#N)N(C(C)C)C(C)C)[C@@H](CO[Si](c6ccccc6)(c6ccccc6)C(C)(C)C)O5)C(=O)N(COCC[Si](C)(C)C)C4=O)c(=O)n(COCC[Si](C)(C)C)c3=O)C[C@@H]2CO[Si](c2ccccc2)(c2ccccc2)C(C)(C)C)(c2ccccc2)c2ccc(OC)cc2)cc1. The van der Waals surface area contributed by atoms with Crippen molar-refractivity contribution in [1.29, 1.82) is 5.26 Å². The number of amides is 3. The van der Waals surface area contributed by atoms with Crippen molar-refractivity contribution in [2.24, 2.45) is 11.3 Å². The first-order chi connectivity index (χ1) is 57.5. The van der Waals surface area contributed by atoms with Gasteiger partial charge >= 0.3 is 11.7 Å². The molecule has 8 aromatic rings. The Labute approximate surface area is 723 Å². The average Bonchev–Trinajstić information content (AvgIpc) is 1.33. The third-order valence-corrected chi connectivity index (χ3v) is 39.1. The summed E-state index contributed by atoms with van der Waals surface area (Å²) in [5, 5.41) is 13.3. The van der Waals surface area contributed by atoms with Crippen LogP contribution in [0.15, 0.2) is 216 Å². The van der Waals surface area contributed by atoms with Crippen LogP contribution in [0.4, 0.5) is 4.79 Å². The van der Waals surface area contributed by atoms with E-state index in [4.69, 9.17) is 51.1 Å². The zero-order chi connectivity index (χ0) is 87.3. The Morgan fingerprint density at radius 2 is 1.01 bits per heavy atom. The second-order valence-electron chi connectivity index (χ2n) is 37.6. The molecule has 3 aliphatic rings. The van der Waals surface area contributed by atoms with Crippen molar-refractivity contribution in [1.82, 2.24) is 23.6 Å². The van der Waals surface area contributed by atoms with Crippen LogP contribution in [-0.2, 0) is 65.1 Å². The van der Waals surface area contributed by atoms with Gasteiger partial charge in [-0.3, -0.25) is 19.1 Å². The molecule has 1 aromatic heterocycles. The first-order valence-electron chi connectivity index (χ1n) is 42.7. The van der Waals surface area contributed by atoms with Crippen molar-refractivity contribution >= 4 is 74.0 Å². The highest BCUT2D eigenvalue weighted by atomic mass is 31.2. The maximum Gasteiger partial charge on any atom is 0.335 e. The zero-order valence-corrected chi connectivity index (χ0v) is 79.5. The Hall–Kier alpha value is -7.85. The lowest BCUT2D eigenvalue weighted by Gasteiger charge is -2.46. The van der Waals surface area contributed by atoms with Crippen LogP contribution in [0.1, 0.15) is 124 Å². The fraction of sp³-hybridized carbons (Fsp3) is 0.484. The van der Waals surface area contributed by atoms with Crippen molar-refractivity contribution in [2.45, 2.75) is 218 Å². The summed E-state index contributed by atoms with van der Waals surface area (Å²) in [5.74, 6) is 0.284. The fourth-order valence-corrected chi connectivity index (χ4v) is 29.7. The van der Waals surface area contributed by atoms with Gasteiger partial charge in [0.1, 0.15) is 49.1 Å². The summed E-state index contributed by atoms with van der Waals surface area (Å²) < 4.78 is 81.5.